The molecule has 0 fully saturated rings. The molecule has 0 amide bonds. The third kappa shape index (κ3) is 3.07. The van der Waals surface area contributed by atoms with E-state index < -0.39 is 0 Å². The third-order valence-electron chi connectivity index (χ3n) is 2.73. The highest BCUT2D eigenvalue weighted by Crippen LogP contribution is 2.29. The molecule has 0 aromatic heterocycles. The Morgan fingerprint density at radius 2 is 1.72 bits per heavy atom. The third-order valence-corrected chi connectivity index (χ3v) is 3.92. The van der Waals surface area contributed by atoms with Gasteiger partial charge in [-0.05, 0) is 47.9 Å². The molecule has 0 aliphatic carbocycles. The van der Waals surface area contributed by atoms with E-state index in [-0.39, 0.29) is 6.04 Å². The lowest BCUT2D eigenvalue weighted by atomic mass is 9.98. The Hall–Kier alpha value is -0.540. The molecule has 1 nitrogen and oxygen atoms in total. The van der Waals surface area contributed by atoms with Crippen molar-refractivity contribution in [3.63, 3.8) is 0 Å². The van der Waals surface area contributed by atoms with Crippen LogP contribution in [0.15, 0.2) is 40.9 Å². The van der Waals surface area contributed by atoms with Crippen molar-refractivity contribution in [2.75, 3.05) is 0 Å². The van der Waals surface area contributed by atoms with Gasteiger partial charge >= 0.3 is 0 Å². The molecular formula is C14H12BrCl2N. The number of aryl methyl sites for hydroxylation is 1. The van der Waals surface area contributed by atoms with E-state index in [4.69, 9.17) is 28.9 Å². The maximum atomic E-state index is 6.25. The molecule has 2 rings (SSSR count). The van der Waals surface area contributed by atoms with E-state index in [9.17, 15) is 0 Å². The van der Waals surface area contributed by atoms with Gasteiger partial charge in [-0.25, -0.2) is 0 Å². The molecule has 0 spiro atoms. The van der Waals surface area contributed by atoms with Gasteiger partial charge in [0, 0.05) is 4.47 Å². The normalized spacial score (nSPS) is 12.5. The number of halogens is 3. The molecule has 18 heavy (non-hydrogen) atoms. The van der Waals surface area contributed by atoms with Crippen LogP contribution in [-0.4, -0.2) is 0 Å². The summed E-state index contributed by atoms with van der Waals surface area (Å²) in [7, 11) is 0. The Bertz CT molecular complexity index is 564. The number of hydrogen-bond donors (Lipinski definition) is 1. The van der Waals surface area contributed by atoms with Crippen molar-refractivity contribution in [1.29, 1.82) is 0 Å². The molecule has 0 saturated heterocycles. The van der Waals surface area contributed by atoms with E-state index in [2.05, 4.69) is 22.0 Å². The van der Waals surface area contributed by atoms with E-state index in [1.807, 2.05) is 31.2 Å². The largest absolute Gasteiger partial charge is 0.320 e. The zero-order valence-corrected chi connectivity index (χ0v) is 12.9. The minimum absolute atomic E-state index is 0.212. The van der Waals surface area contributed by atoms with Gasteiger partial charge in [0.05, 0.1) is 16.1 Å². The fourth-order valence-electron chi connectivity index (χ4n) is 1.84. The van der Waals surface area contributed by atoms with Gasteiger partial charge in [-0.1, -0.05) is 51.3 Å². The van der Waals surface area contributed by atoms with Crippen molar-refractivity contribution in [2.45, 2.75) is 13.0 Å². The van der Waals surface area contributed by atoms with Gasteiger partial charge in [0.15, 0.2) is 0 Å². The zero-order valence-electron chi connectivity index (χ0n) is 9.75. The minimum atomic E-state index is -0.212. The standard InChI is InChI=1S/C14H12BrCl2N/c1-8-4-10(6-11(15)5-8)14(18)9-2-3-12(16)13(17)7-9/h2-7,14H,18H2,1H3. The van der Waals surface area contributed by atoms with Crippen LogP contribution in [0.4, 0.5) is 0 Å². The highest BCUT2D eigenvalue weighted by atomic mass is 79.9. The van der Waals surface area contributed by atoms with Crippen molar-refractivity contribution in [3.8, 4) is 0 Å². The smallest absolute Gasteiger partial charge is 0.0595 e. The molecule has 94 valence electrons. The highest BCUT2D eigenvalue weighted by molar-refractivity contribution is 9.10. The highest BCUT2D eigenvalue weighted by Gasteiger charge is 2.11. The second kappa shape index (κ2) is 5.62. The molecule has 1 unspecified atom stereocenters. The van der Waals surface area contributed by atoms with E-state index in [0.29, 0.717) is 10.0 Å². The van der Waals surface area contributed by atoms with Gasteiger partial charge in [-0.15, -0.1) is 0 Å². The average molecular weight is 345 g/mol. The first-order valence-electron chi connectivity index (χ1n) is 5.45. The lowest BCUT2D eigenvalue weighted by molar-refractivity contribution is 0.869. The van der Waals surface area contributed by atoms with Crippen LogP contribution in [0.5, 0.6) is 0 Å². The molecular weight excluding hydrogens is 333 g/mol. The van der Waals surface area contributed by atoms with Crippen LogP contribution in [-0.2, 0) is 0 Å². The van der Waals surface area contributed by atoms with Gasteiger partial charge in [0.25, 0.3) is 0 Å². The number of hydrogen-bond acceptors (Lipinski definition) is 1. The summed E-state index contributed by atoms with van der Waals surface area (Å²) < 4.78 is 1.02. The summed E-state index contributed by atoms with van der Waals surface area (Å²) in [6.07, 6.45) is 0. The zero-order chi connectivity index (χ0) is 13.3. The Labute approximate surface area is 125 Å². The molecule has 0 saturated carbocycles. The SMILES string of the molecule is Cc1cc(Br)cc(C(N)c2ccc(Cl)c(Cl)c2)c1. The lowest BCUT2D eigenvalue weighted by Gasteiger charge is -2.14. The summed E-state index contributed by atoms with van der Waals surface area (Å²) in [5.74, 6) is 0. The van der Waals surface area contributed by atoms with Crippen molar-refractivity contribution >= 4 is 39.1 Å². The summed E-state index contributed by atoms with van der Waals surface area (Å²) in [5, 5.41) is 1.06. The topological polar surface area (TPSA) is 26.0 Å². The Kier molecular flexibility index (Phi) is 4.33. The van der Waals surface area contributed by atoms with Crippen molar-refractivity contribution in [1.82, 2.24) is 0 Å². The summed E-state index contributed by atoms with van der Waals surface area (Å²) in [4.78, 5) is 0. The monoisotopic (exact) mass is 343 g/mol. The van der Waals surface area contributed by atoms with Crippen LogP contribution in [0, 0.1) is 6.92 Å². The van der Waals surface area contributed by atoms with Crippen LogP contribution >= 0.6 is 39.1 Å². The van der Waals surface area contributed by atoms with Crippen molar-refractivity contribution < 1.29 is 0 Å². The van der Waals surface area contributed by atoms with E-state index in [1.54, 1.807) is 6.07 Å². The van der Waals surface area contributed by atoms with Gasteiger partial charge in [-0.2, -0.15) is 0 Å². The van der Waals surface area contributed by atoms with Crippen LogP contribution < -0.4 is 5.73 Å². The second-order valence-electron chi connectivity index (χ2n) is 4.21. The lowest BCUT2D eigenvalue weighted by Crippen LogP contribution is -2.12. The van der Waals surface area contributed by atoms with Gasteiger partial charge in [0.1, 0.15) is 0 Å². The Balaban J connectivity index is 2.40. The number of rotatable bonds is 2. The molecule has 1 atom stereocenters. The van der Waals surface area contributed by atoms with E-state index in [0.717, 1.165) is 21.2 Å². The number of nitrogens with two attached hydrogens (primary N) is 1. The molecule has 2 N–H and O–H groups in total. The Morgan fingerprint density at radius 1 is 1.00 bits per heavy atom. The maximum absolute atomic E-state index is 6.25. The minimum Gasteiger partial charge on any atom is -0.320 e. The first-order valence-corrected chi connectivity index (χ1v) is 7.00. The molecule has 0 radical (unpaired) electrons. The number of benzene rings is 2. The average Bonchev–Trinajstić information content (AvgIpc) is 2.30. The first-order chi connectivity index (χ1) is 8.47. The van der Waals surface area contributed by atoms with Gasteiger partial charge in [-0.3, -0.25) is 0 Å². The summed E-state index contributed by atoms with van der Waals surface area (Å²) in [6, 6.07) is 11.4. The molecule has 0 bridgehead atoms. The molecule has 0 aliphatic heterocycles. The maximum Gasteiger partial charge on any atom is 0.0595 e. The van der Waals surface area contributed by atoms with Crippen LogP contribution in [0.1, 0.15) is 22.7 Å². The van der Waals surface area contributed by atoms with Crippen molar-refractivity contribution in [3.05, 3.63) is 67.6 Å². The molecule has 0 heterocycles. The van der Waals surface area contributed by atoms with Crippen LogP contribution in [0.25, 0.3) is 0 Å². The van der Waals surface area contributed by atoms with E-state index in [1.165, 1.54) is 0 Å². The predicted molar refractivity (Wildman–Crippen MR) is 81.4 cm³/mol. The van der Waals surface area contributed by atoms with E-state index >= 15 is 0 Å². The van der Waals surface area contributed by atoms with Crippen LogP contribution in [0.2, 0.25) is 10.0 Å². The molecule has 2 aromatic rings. The summed E-state index contributed by atoms with van der Waals surface area (Å²) in [6.45, 7) is 2.04. The second-order valence-corrected chi connectivity index (χ2v) is 5.94. The van der Waals surface area contributed by atoms with Crippen molar-refractivity contribution in [2.24, 2.45) is 5.73 Å². The fourth-order valence-corrected chi connectivity index (χ4v) is 2.77. The molecule has 0 aliphatic rings. The summed E-state index contributed by atoms with van der Waals surface area (Å²) >= 11 is 15.4. The predicted octanol–water partition coefficient (Wildman–Crippen LogP) is 5.11. The molecule has 2 aromatic carbocycles. The van der Waals surface area contributed by atoms with Gasteiger partial charge in [0.2, 0.25) is 0 Å². The fraction of sp³-hybridized carbons (Fsp3) is 0.143. The first kappa shape index (κ1) is 13.9. The van der Waals surface area contributed by atoms with Gasteiger partial charge < -0.3 is 5.73 Å². The quantitative estimate of drug-likeness (QED) is 0.804. The van der Waals surface area contributed by atoms with Crippen LogP contribution in [0.3, 0.4) is 0 Å². The Morgan fingerprint density at radius 3 is 2.33 bits per heavy atom. The summed E-state index contributed by atoms with van der Waals surface area (Å²) in [5.41, 5.74) is 9.40. The molecule has 4 heteroatoms.